The van der Waals surface area contributed by atoms with Gasteiger partial charge in [-0.15, -0.1) is 0 Å². The van der Waals surface area contributed by atoms with Gasteiger partial charge in [-0.25, -0.2) is 0 Å². The smallest absolute Gasteiger partial charge is 0.104 e. The van der Waals surface area contributed by atoms with E-state index in [9.17, 15) is 0 Å². The zero-order chi connectivity index (χ0) is 21.1. The molecule has 1 aromatic rings. The summed E-state index contributed by atoms with van der Waals surface area (Å²) in [5.74, 6) is 0. The number of epoxide rings is 2. The minimum Gasteiger partial charge on any atom is -0.376 e. The average Bonchev–Trinajstić information content (AvgIpc) is 3.69. The normalized spacial score (nSPS) is 19.8. The van der Waals surface area contributed by atoms with Crippen LogP contribution in [-0.4, -0.2) is 38.6 Å². The van der Waals surface area contributed by atoms with Gasteiger partial charge in [0.1, 0.15) is 12.2 Å². The van der Waals surface area contributed by atoms with Crippen molar-refractivity contribution in [1.82, 2.24) is 0 Å². The molecule has 2 saturated heterocycles. The first-order valence-corrected chi connectivity index (χ1v) is 12.1. The summed E-state index contributed by atoms with van der Waals surface area (Å²) in [4.78, 5) is 0. The van der Waals surface area contributed by atoms with Gasteiger partial charge >= 0.3 is 0 Å². The second-order valence-electron chi connectivity index (χ2n) is 8.26. The first-order valence-electron chi connectivity index (χ1n) is 12.1. The quantitative estimate of drug-likeness (QED) is 0.166. The molecule has 0 bridgehead atoms. The number of benzene rings is 1. The molecular formula is C27H42O3. The molecule has 0 aromatic heterocycles. The molecule has 0 saturated carbocycles. The van der Waals surface area contributed by atoms with Crippen LogP contribution < -0.4 is 0 Å². The Hall–Kier alpha value is -1.42. The number of rotatable bonds is 16. The third-order valence-electron chi connectivity index (χ3n) is 5.22. The van der Waals surface area contributed by atoms with E-state index in [0.29, 0.717) is 12.2 Å². The summed E-state index contributed by atoms with van der Waals surface area (Å²) < 4.78 is 15.1. The Morgan fingerprint density at radius 1 is 0.800 bits per heavy atom. The predicted molar refractivity (Wildman–Crippen MR) is 127 cm³/mol. The molecule has 0 amide bonds. The van der Waals surface area contributed by atoms with E-state index in [1.807, 2.05) is 0 Å². The molecule has 0 spiro atoms. The van der Waals surface area contributed by atoms with Gasteiger partial charge in [-0.2, -0.15) is 0 Å². The number of hydrogen-bond acceptors (Lipinski definition) is 3. The van der Waals surface area contributed by atoms with Crippen LogP contribution in [0.25, 0.3) is 6.08 Å². The Balaban J connectivity index is 0.000000290. The molecule has 2 aliphatic rings. The van der Waals surface area contributed by atoms with Crippen LogP contribution in [0.15, 0.2) is 48.6 Å². The van der Waals surface area contributed by atoms with Crippen LogP contribution in [0.5, 0.6) is 0 Å². The maximum Gasteiger partial charge on any atom is 0.104 e. The van der Waals surface area contributed by atoms with E-state index in [1.165, 1.54) is 69.8 Å². The fourth-order valence-electron chi connectivity index (χ4n) is 3.14. The molecule has 2 fully saturated rings. The Morgan fingerprint density at radius 2 is 1.37 bits per heavy atom. The van der Waals surface area contributed by atoms with Crippen molar-refractivity contribution in [3.05, 3.63) is 54.1 Å². The molecule has 2 atom stereocenters. The second kappa shape index (κ2) is 17.3. The highest BCUT2D eigenvalue weighted by Gasteiger charge is 2.26. The van der Waals surface area contributed by atoms with Gasteiger partial charge in [0, 0.05) is 0 Å². The van der Waals surface area contributed by atoms with Crippen molar-refractivity contribution in [3.8, 4) is 0 Å². The van der Waals surface area contributed by atoms with Crippen molar-refractivity contribution >= 4 is 6.08 Å². The number of allylic oxidation sites excluding steroid dienone is 3. The lowest BCUT2D eigenvalue weighted by Crippen LogP contribution is -2.06. The number of unbranched alkanes of at least 4 members (excludes halogenated alkanes) is 9. The average molecular weight is 415 g/mol. The fraction of sp³-hybridized carbons (Fsp3) is 0.630. The molecule has 3 rings (SSSR count). The summed E-state index contributed by atoms with van der Waals surface area (Å²) in [5.41, 5.74) is 1.27. The SMILES string of the molecule is C(OCC1CO1)C1CO1.CCCCCCCCCCCC=CC=Cc1ccccc1. The fourth-order valence-corrected chi connectivity index (χ4v) is 3.14. The minimum absolute atomic E-state index is 0.392. The molecule has 168 valence electrons. The predicted octanol–water partition coefficient (Wildman–Crippen LogP) is 6.98. The van der Waals surface area contributed by atoms with E-state index >= 15 is 0 Å². The Labute approximate surface area is 184 Å². The lowest BCUT2D eigenvalue weighted by atomic mass is 10.1. The monoisotopic (exact) mass is 414 g/mol. The van der Waals surface area contributed by atoms with Crippen LogP contribution in [0.3, 0.4) is 0 Å². The summed E-state index contributed by atoms with van der Waals surface area (Å²) in [6.07, 6.45) is 23.4. The lowest BCUT2D eigenvalue weighted by molar-refractivity contribution is 0.102. The van der Waals surface area contributed by atoms with Crippen molar-refractivity contribution in [3.63, 3.8) is 0 Å². The first-order chi connectivity index (χ1) is 14.9. The molecule has 0 radical (unpaired) electrons. The van der Waals surface area contributed by atoms with E-state index in [4.69, 9.17) is 14.2 Å². The van der Waals surface area contributed by atoms with Crippen LogP contribution in [0.4, 0.5) is 0 Å². The zero-order valence-corrected chi connectivity index (χ0v) is 19.0. The van der Waals surface area contributed by atoms with Gasteiger partial charge in [0.15, 0.2) is 0 Å². The van der Waals surface area contributed by atoms with Crippen LogP contribution in [-0.2, 0) is 14.2 Å². The third kappa shape index (κ3) is 15.4. The maximum absolute atomic E-state index is 5.23. The van der Waals surface area contributed by atoms with Gasteiger partial charge in [-0.3, -0.25) is 0 Å². The Kier molecular flexibility index (Phi) is 14.3. The Bertz CT molecular complexity index is 547. The summed E-state index contributed by atoms with van der Waals surface area (Å²) in [6, 6.07) is 10.5. The summed E-state index contributed by atoms with van der Waals surface area (Å²) in [7, 11) is 0. The van der Waals surface area contributed by atoms with Gasteiger partial charge in [-0.1, -0.05) is 113 Å². The van der Waals surface area contributed by atoms with Crippen molar-refractivity contribution in [2.45, 2.75) is 83.3 Å². The topological polar surface area (TPSA) is 34.3 Å². The van der Waals surface area contributed by atoms with E-state index in [1.54, 1.807) is 0 Å². The first kappa shape index (κ1) is 24.8. The van der Waals surface area contributed by atoms with E-state index in [2.05, 4.69) is 61.6 Å². The zero-order valence-electron chi connectivity index (χ0n) is 19.0. The number of hydrogen-bond donors (Lipinski definition) is 0. The molecule has 2 unspecified atom stereocenters. The highest BCUT2D eigenvalue weighted by Crippen LogP contribution is 2.12. The summed E-state index contributed by atoms with van der Waals surface area (Å²) in [5, 5.41) is 0. The van der Waals surface area contributed by atoms with Gasteiger partial charge in [0.25, 0.3) is 0 Å². The second-order valence-corrected chi connectivity index (χ2v) is 8.26. The van der Waals surface area contributed by atoms with Gasteiger partial charge in [-0.05, 0) is 18.4 Å². The standard InChI is InChI=1S/C21H32.C6H10O3/c1-2-3-4-5-6-7-8-9-10-11-12-13-15-18-21-19-16-14-17-20-21;1(5-3-8-5)7-2-6-4-9-6/h12-20H,2-11H2,1H3;5-6H,1-4H2. The lowest BCUT2D eigenvalue weighted by Gasteiger charge is -2.00. The van der Waals surface area contributed by atoms with Gasteiger partial charge < -0.3 is 14.2 Å². The van der Waals surface area contributed by atoms with Crippen molar-refractivity contribution < 1.29 is 14.2 Å². The van der Waals surface area contributed by atoms with E-state index in [-0.39, 0.29) is 0 Å². The molecule has 3 nitrogen and oxygen atoms in total. The molecule has 30 heavy (non-hydrogen) atoms. The van der Waals surface area contributed by atoms with Gasteiger partial charge in [0.05, 0.1) is 26.4 Å². The van der Waals surface area contributed by atoms with Gasteiger partial charge in [0.2, 0.25) is 0 Å². The molecule has 1 aromatic carbocycles. The van der Waals surface area contributed by atoms with Crippen molar-refractivity contribution in [2.24, 2.45) is 0 Å². The highest BCUT2D eigenvalue weighted by atomic mass is 16.6. The van der Waals surface area contributed by atoms with Crippen molar-refractivity contribution in [2.75, 3.05) is 26.4 Å². The highest BCUT2D eigenvalue weighted by molar-refractivity contribution is 5.50. The molecule has 2 aliphatic heterocycles. The maximum atomic E-state index is 5.23. The van der Waals surface area contributed by atoms with Crippen LogP contribution in [0, 0.1) is 0 Å². The summed E-state index contributed by atoms with van der Waals surface area (Å²) in [6.45, 7) is 5.54. The van der Waals surface area contributed by atoms with E-state index in [0.717, 1.165) is 26.4 Å². The Morgan fingerprint density at radius 3 is 1.93 bits per heavy atom. The number of ether oxygens (including phenoxy) is 3. The molecule has 3 heteroatoms. The summed E-state index contributed by atoms with van der Waals surface area (Å²) >= 11 is 0. The molecule has 0 N–H and O–H groups in total. The van der Waals surface area contributed by atoms with Crippen molar-refractivity contribution in [1.29, 1.82) is 0 Å². The molecule has 2 heterocycles. The largest absolute Gasteiger partial charge is 0.376 e. The van der Waals surface area contributed by atoms with E-state index < -0.39 is 0 Å². The molecule has 0 aliphatic carbocycles. The van der Waals surface area contributed by atoms with Crippen LogP contribution in [0.2, 0.25) is 0 Å². The van der Waals surface area contributed by atoms with Crippen LogP contribution >= 0.6 is 0 Å². The van der Waals surface area contributed by atoms with Crippen LogP contribution in [0.1, 0.15) is 76.7 Å². The minimum atomic E-state index is 0.392. The third-order valence-corrected chi connectivity index (χ3v) is 5.22. The molecular weight excluding hydrogens is 372 g/mol.